The number of nitrogens with zero attached hydrogens (tertiary/aromatic N) is 1. The molecular formula is C20H15F6NS. The van der Waals surface area contributed by atoms with Crippen LogP contribution in [0.5, 0.6) is 0 Å². The van der Waals surface area contributed by atoms with E-state index >= 15 is 0 Å². The summed E-state index contributed by atoms with van der Waals surface area (Å²) in [4.78, 5) is 3.47. The molecule has 0 bridgehead atoms. The molecule has 8 heteroatoms. The zero-order valence-electron chi connectivity index (χ0n) is 14.4. The third-order valence-corrected chi connectivity index (χ3v) is 5.12. The molecule has 0 aliphatic rings. The molecule has 3 rings (SSSR count). The maximum Gasteiger partial charge on any atom is 0.293 e. The van der Waals surface area contributed by atoms with E-state index in [1.165, 1.54) is 35.7 Å². The van der Waals surface area contributed by atoms with Crippen LogP contribution in [0.15, 0.2) is 60.1 Å². The molecule has 2 aromatic heterocycles. The number of thiophene rings is 1. The standard InChI is InChI=1S/C20H15F6NS/c21-18(22)15-4-1-3-13(9-15)11-19(23,24)16-10-14(6-7-27-16)12-20(25,26)17-5-2-8-28-17/h1-10,18H,11-12H2. The Morgan fingerprint density at radius 1 is 0.857 bits per heavy atom. The van der Waals surface area contributed by atoms with Gasteiger partial charge in [-0.1, -0.05) is 24.3 Å². The summed E-state index contributed by atoms with van der Waals surface area (Å²) in [7, 11) is 0. The van der Waals surface area contributed by atoms with E-state index in [1.807, 2.05) is 0 Å². The predicted octanol–water partition coefficient (Wildman–Crippen LogP) is 6.75. The molecule has 3 aromatic rings. The summed E-state index contributed by atoms with van der Waals surface area (Å²) >= 11 is 0.889. The molecule has 2 heterocycles. The first kappa shape index (κ1) is 20.4. The van der Waals surface area contributed by atoms with Crippen molar-refractivity contribution in [3.8, 4) is 0 Å². The third-order valence-electron chi connectivity index (χ3n) is 4.14. The lowest BCUT2D eigenvalue weighted by Gasteiger charge is -2.19. The molecule has 0 aliphatic heterocycles. The van der Waals surface area contributed by atoms with E-state index in [9.17, 15) is 26.3 Å². The minimum atomic E-state index is -3.49. The average Bonchev–Trinajstić information content (AvgIpc) is 3.17. The predicted molar refractivity (Wildman–Crippen MR) is 95.2 cm³/mol. The SMILES string of the molecule is FC(F)c1cccc(CC(F)(F)c2cc(CC(F)(F)c3cccs3)ccn2)c1. The number of pyridine rings is 1. The van der Waals surface area contributed by atoms with Crippen LogP contribution in [0.25, 0.3) is 0 Å². The normalized spacial score (nSPS) is 12.5. The molecule has 148 valence electrons. The molecular weight excluding hydrogens is 400 g/mol. The van der Waals surface area contributed by atoms with Crippen LogP contribution in [0.1, 0.15) is 33.7 Å². The lowest BCUT2D eigenvalue weighted by molar-refractivity contribution is -0.0102. The summed E-state index contributed by atoms with van der Waals surface area (Å²) in [5.74, 6) is -6.68. The van der Waals surface area contributed by atoms with Gasteiger partial charge in [-0.15, -0.1) is 11.3 Å². The molecule has 0 radical (unpaired) electrons. The van der Waals surface area contributed by atoms with Crippen LogP contribution in [0.4, 0.5) is 26.3 Å². The lowest BCUT2D eigenvalue weighted by Crippen LogP contribution is -2.20. The summed E-state index contributed by atoms with van der Waals surface area (Å²) in [6.45, 7) is 0. The molecule has 0 aliphatic carbocycles. The highest BCUT2D eigenvalue weighted by Crippen LogP contribution is 2.37. The van der Waals surface area contributed by atoms with Crippen LogP contribution in [0.2, 0.25) is 0 Å². The van der Waals surface area contributed by atoms with Crippen LogP contribution in [0, 0.1) is 0 Å². The van der Waals surface area contributed by atoms with Crippen molar-refractivity contribution < 1.29 is 26.3 Å². The summed E-state index contributed by atoms with van der Waals surface area (Å²) < 4.78 is 83.4. The Labute approximate surface area is 161 Å². The molecule has 28 heavy (non-hydrogen) atoms. The smallest absolute Gasteiger partial charge is 0.255 e. The van der Waals surface area contributed by atoms with Crippen molar-refractivity contribution >= 4 is 11.3 Å². The van der Waals surface area contributed by atoms with Crippen LogP contribution in [-0.2, 0) is 24.7 Å². The number of aromatic nitrogens is 1. The highest BCUT2D eigenvalue weighted by molar-refractivity contribution is 7.10. The number of hydrogen-bond donors (Lipinski definition) is 0. The first-order valence-corrected chi connectivity index (χ1v) is 9.17. The molecule has 0 unspecified atom stereocenters. The number of alkyl halides is 6. The molecule has 0 saturated carbocycles. The van der Waals surface area contributed by atoms with Gasteiger partial charge in [0.15, 0.2) is 0 Å². The van der Waals surface area contributed by atoms with E-state index in [4.69, 9.17) is 0 Å². The molecule has 1 aromatic carbocycles. The molecule has 0 saturated heterocycles. The third kappa shape index (κ3) is 4.73. The van der Waals surface area contributed by atoms with Crippen molar-refractivity contribution in [2.45, 2.75) is 31.1 Å². The summed E-state index contributed by atoms with van der Waals surface area (Å²) in [5.41, 5.74) is -0.997. The molecule has 0 spiro atoms. The topological polar surface area (TPSA) is 12.9 Å². The maximum atomic E-state index is 14.6. The number of halogens is 6. The molecule has 0 fully saturated rings. The molecule has 0 amide bonds. The van der Waals surface area contributed by atoms with Gasteiger partial charge in [-0.3, -0.25) is 4.98 Å². The van der Waals surface area contributed by atoms with Crippen molar-refractivity contribution in [3.63, 3.8) is 0 Å². The quantitative estimate of drug-likeness (QED) is 0.389. The Kier molecular flexibility index (Phi) is 5.79. The fourth-order valence-electron chi connectivity index (χ4n) is 2.80. The van der Waals surface area contributed by atoms with Gasteiger partial charge in [-0.25, -0.2) is 17.6 Å². The highest BCUT2D eigenvalue weighted by atomic mass is 32.1. The maximum absolute atomic E-state index is 14.6. The molecule has 0 atom stereocenters. The summed E-state index contributed by atoms with van der Waals surface area (Å²) in [6, 6.07) is 9.74. The van der Waals surface area contributed by atoms with Crippen molar-refractivity contribution in [1.82, 2.24) is 4.98 Å². The first-order chi connectivity index (χ1) is 13.2. The van der Waals surface area contributed by atoms with Crippen LogP contribution < -0.4 is 0 Å². The van der Waals surface area contributed by atoms with Crippen molar-refractivity contribution in [3.05, 3.63) is 87.4 Å². The van der Waals surface area contributed by atoms with Gasteiger partial charge in [0, 0.05) is 24.6 Å². The number of hydrogen-bond acceptors (Lipinski definition) is 2. The second-order valence-electron chi connectivity index (χ2n) is 6.33. The van der Waals surface area contributed by atoms with E-state index in [0.717, 1.165) is 35.7 Å². The highest BCUT2D eigenvalue weighted by Gasteiger charge is 2.36. The van der Waals surface area contributed by atoms with Gasteiger partial charge in [-0.2, -0.15) is 8.78 Å². The van der Waals surface area contributed by atoms with Gasteiger partial charge >= 0.3 is 0 Å². The van der Waals surface area contributed by atoms with E-state index < -0.39 is 36.8 Å². The van der Waals surface area contributed by atoms with Gasteiger partial charge in [0.2, 0.25) is 0 Å². The fourth-order valence-corrected chi connectivity index (χ4v) is 3.51. The minimum Gasteiger partial charge on any atom is -0.255 e. The van der Waals surface area contributed by atoms with Crippen molar-refractivity contribution in [2.24, 2.45) is 0 Å². The Balaban J connectivity index is 1.81. The van der Waals surface area contributed by atoms with Crippen molar-refractivity contribution in [2.75, 3.05) is 0 Å². The monoisotopic (exact) mass is 415 g/mol. The summed E-state index contributed by atoms with van der Waals surface area (Å²) in [6.07, 6.45) is -3.31. The fraction of sp³-hybridized carbons (Fsp3) is 0.250. The second kappa shape index (κ2) is 7.95. The van der Waals surface area contributed by atoms with Crippen LogP contribution >= 0.6 is 11.3 Å². The molecule has 1 nitrogen and oxygen atoms in total. The average molecular weight is 415 g/mol. The van der Waals surface area contributed by atoms with E-state index in [2.05, 4.69) is 4.98 Å². The largest absolute Gasteiger partial charge is 0.293 e. The Morgan fingerprint density at radius 3 is 2.25 bits per heavy atom. The first-order valence-electron chi connectivity index (χ1n) is 8.29. The van der Waals surface area contributed by atoms with Gasteiger partial charge in [0.05, 0.1) is 4.88 Å². The van der Waals surface area contributed by atoms with E-state index in [1.54, 1.807) is 0 Å². The van der Waals surface area contributed by atoms with Gasteiger partial charge in [0.1, 0.15) is 5.69 Å². The van der Waals surface area contributed by atoms with Crippen LogP contribution in [0.3, 0.4) is 0 Å². The van der Waals surface area contributed by atoms with E-state index in [-0.39, 0.29) is 21.6 Å². The van der Waals surface area contributed by atoms with Crippen molar-refractivity contribution in [1.29, 1.82) is 0 Å². The van der Waals surface area contributed by atoms with Gasteiger partial charge in [-0.05, 0) is 40.8 Å². The van der Waals surface area contributed by atoms with Crippen LogP contribution in [-0.4, -0.2) is 4.98 Å². The van der Waals surface area contributed by atoms with Gasteiger partial charge < -0.3 is 0 Å². The Bertz CT molecular complexity index is 924. The Hall–Kier alpha value is -2.35. The zero-order valence-corrected chi connectivity index (χ0v) is 15.2. The van der Waals surface area contributed by atoms with Gasteiger partial charge in [0.25, 0.3) is 18.3 Å². The zero-order chi connectivity index (χ0) is 20.4. The van der Waals surface area contributed by atoms with E-state index in [0.29, 0.717) is 0 Å². The second-order valence-corrected chi connectivity index (χ2v) is 7.28. The number of rotatable bonds is 7. The summed E-state index contributed by atoms with van der Waals surface area (Å²) in [5, 5.41) is 1.52. The molecule has 0 N–H and O–H groups in total. The number of benzene rings is 1. The Morgan fingerprint density at radius 2 is 1.57 bits per heavy atom. The minimum absolute atomic E-state index is 0.0129. The lowest BCUT2D eigenvalue weighted by atomic mass is 10.00.